The van der Waals surface area contributed by atoms with E-state index in [4.69, 9.17) is 8.83 Å². The van der Waals surface area contributed by atoms with Gasteiger partial charge in [-0.05, 0) is 32.4 Å². The number of hydrogen-bond acceptors (Lipinski definition) is 5. The number of nitrogens with one attached hydrogen (secondary N) is 1. The Morgan fingerprint density at radius 1 is 1.16 bits per heavy atom. The third-order valence-electron chi connectivity index (χ3n) is 3.98. The number of amides is 1. The molecule has 0 bridgehead atoms. The Labute approximate surface area is 146 Å². The molecular formula is C19H21N3O3. The van der Waals surface area contributed by atoms with Crippen molar-refractivity contribution in [1.29, 1.82) is 0 Å². The lowest BCUT2D eigenvalue weighted by Gasteiger charge is -2.13. The largest absolute Gasteiger partial charge is 0.466 e. The van der Waals surface area contributed by atoms with Crippen molar-refractivity contribution in [2.75, 3.05) is 0 Å². The van der Waals surface area contributed by atoms with Crippen molar-refractivity contribution in [3.05, 3.63) is 59.4 Å². The molecule has 3 aromatic rings. The molecule has 2 aromatic heterocycles. The van der Waals surface area contributed by atoms with Gasteiger partial charge >= 0.3 is 0 Å². The van der Waals surface area contributed by atoms with Crippen LogP contribution in [0.5, 0.6) is 0 Å². The Morgan fingerprint density at radius 2 is 1.92 bits per heavy atom. The fraction of sp³-hybridized carbons (Fsp3) is 0.316. The van der Waals surface area contributed by atoms with E-state index >= 15 is 0 Å². The van der Waals surface area contributed by atoms with E-state index in [-0.39, 0.29) is 11.9 Å². The van der Waals surface area contributed by atoms with Gasteiger partial charge in [0.05, 0.1) is 11.6 Å². The molecule has 130 valence electrons. The molecule has 1 atom stereocenters. The molecule has 1 N–H and O–H groups in total. The molecule has 25 heavy (non-hydrogen) atoms. The Balaban J connectivity index is 1.55. The van der Waals surface area contributed by atoms with Gasteiger partial charge in [0.25, 0.3) is 5.89 Å². The van der Waals surface area contributed by atoms with Crippen LogP contribution in [-0.4, -0.2) is 16.1 Å². The van der Waals surface area contributed by atoms with Crippen molar-refractivity contribution >= 4 is 5.91 Å². The first kappa shape index (κ1) is 17.0. The van der Waals surface area contributed by atoms with Crippen LogP contribution in [-0.2, 0) is 11.2 Å². The summed E-state index contributed by atoms with van der Waals surface area (Å²) in [4.78, 5) is 12.1. The maximum absolute atomic E-state index is 12.1. The van der Waals surface area contributed by atoms with Gasteiger partial charge in [-0.3, -0.25) is 4.79 Å². The summed E-state index contributed by atoms with van der Waals surface area (Å²) in [6, 6.07) is 11.7. The molecule has 6 nitrogen and oxygen atoms in total. The first-order chi connectivity index (χ1) is 12.0. The van der Waals surface area contributed by atoms with Crippen LogP contribution in [0.3, 0.4) is 0 Å². The van der Waals surface area contributed by atoms with Gasteiger partial charge in [0.2, 0.25) is 11.8 Å². The molecule has 0 saturated heterocycles. The molecule has 0 aliphatic carbocycles. The van der Waals surface area contributed by atoms with Crippen LogP contribution in [0.25, 0.3) is 11.5 Å². The average molecular weight is 339 g/mol. The minimum Gasteiger partial charge on any atom is -0.466 e. The predicted octanol–water partition coefficient (Wildman–Crippen LogP) is 3.76. The zero-order valence-electron chi connectivity index (χ0n) is 14.6. The quantitative estimate of drug-likeness (QED) is 0.739. The number of aryl methyl sites for hydroxylation is 3. The third kappa shape index (κ3) is 4.15. The molecule has 0 fully saturated rings. The monoisotopic (exact) mass is 339 g/mol. The van der Waals surface area contributed by atoms with Crippen molar-refractivity contribution < 1.29 is 13.6 Å². The molecule has 2 heterocycles. The zero-order valence-corrected chi connectivity index (χ0v) is 14.6. The van der Waals surface area contributed by atoms with Gasteiger partial charge < -0.3 is 14.2 Å². The minimum atomic E-state index is -0.0496. The van der Waals surface area contributed by atoms with Crippen molar-refractivity contribution in [1.82, 2.24) is 15.5 Å². The fourth-order valence-electron chi connectivity index (χ4n) is 2.67. The van der Waals surface area contributed by atoms with Gasteiger partial charge in [-0.1, -0.05) is 30.3 Å². The van der Waals surface area contributed by atoms with Gasteiger partial charge in [-0.15, -0.1) is 10.2 Å². The number of nitrogens with zero attached hydrogens (tertiary/aromatic N) is 2. The van der Waals surface area contributed by atoms with Crippen LogP contribution in [0, 0.1) is 13.8 Å². The Morgan fingerprint density at radius 3 is 2.60 bits per heavy atom. The Kier molecular flexibility index (Phi) is 4.97. The first-order valence-electron chi connectivity index (χ1n) is 8.27. The number of benzene rings is 1. The molecular weight excluding hydrogens is 318 g/mol. The number of carbonyl (C=O) groups excluding carboxylic acids is 1. The maximum Gasteiger partial charge on any atom is 0.251 e. The van der Waals surface area contributed by atoms with E-state index in [1.807, 2.05) is 57.2 Å². The maximum atomic E-state index is 12.1. The van der Waals surface area contributed by atoms with E-state index < -0.39 is 0 Å². The summed E-state index contributed by atoms with van der Waals surface area (Å²) in [7, 11) is 0. The fourth-order valence-corrected chi connectivity index (χ4v) is 2.67. The van der Waals surface area contributed by atoms with Crippen LogP contribution >= 0.6 is 0 Å². The summed E-state index contributed by atoms with van der Waals surface area (Å²) in [5.41, 5.74) is 1.86. The number of furan rings is 1. The first-order valence-corrected chi connectivity index (χ1v) is 8.27. The molecule has 1 aromatic carbocycles. The van der Waals surface area contributed by atoms with Gasteiger partial charge in [0, 0.05) is 12.8 Å². The second-order valence-corrected chi connectivity index (χ2v) is 6.03. The van der Waals surface area contributed by atoms with E-state index in [1.54, 1.807) is 0 Å². The molecule has 0 radical (unpaired) electrons. The van der Waals surface area contributed by atoms with Crippen LogP contribution in [0.15, 0.2) is 45.2 Å². The second-order valence-electron chi connectivity index (χ2n) is 6.03. The summed E-state index contributed by atoms with van der Waals surface area (Å²) in [5, 5.41) is 11.0. The normalized spacial score (nSPS) is 12.1. The smallest absolute Gasteiger partial charge is 0.251 e. The lowest BCUT2D eigenvalue weighted by Crippen LogP contribution is -2.26. The highest BCUT2D eigenvalue weighted by atomic mass is 16.4. The molecule has 3 rings (SSSR count). The van der Waals surface area contributed by atoms with Gasteiger partial charge in [0.15, 0.2) is 0 Å². The molecule has 0 saturated carbocycles. The van der Waals surface area contributed by atoms with Crippen molar-refractivity contribution in [3.8, 4) is 11.5 Å². The van der Waals surface area contributed by atoms with Crippen LogP contribution in [0.4, 0.5) is 0 Å². The average Bonchev–Trinajstić information content (AvgIpc) is 3.19. The standard InChI is InChI=1S/C19H21N3O3/c1-12-11-16(14(3)24-12)19-22-21-18(25-19)10-9-17(23)20-13(2)15-7-5-4-6-8-15/h4-8,11,13H,9-10H2,1-3H3,(H,20,23). The summed E-state index contributed by atoms with van der Waals surface area (Å²) < 4.78 is 11.1. The summed E-state index contributed by atoms with van der Waals surface area (Å²) in [6.07, 6.45) is 0.693. The number of hydrogen-bond donors (Lipinski definition) is 1. The lowest BCUT2D eigenvalue weighted by molar-refractivity contribution is -0.121. The molecule has 1 amide bonds. The zero-order chi connectivity index (χ0) is 17.8. The molecule has 6 heteroatoms. The van der Waals surface area contributed by atoms with Crippen molar-refractivity contribution in [2.24, 2.45) is 0 Å². The van der Waals surface area contributed by atoms with Gasteiger partial charge in [0.1, 0.15) is 11.5 Å². The molecule has 1 unspecified atom stereocenters. The number of carbonyl (C=O) groups is 1. The highest BCUT2D eigenvalue weighted by Gasteiger charge is 2.16. The molecule has 0 aliphatic heterocycles. The number of rotatable bonds is 6. The van der Waals surface area contributed by atoms with E-state index in [1.165, 1.54) is 0 Å². The van der Waals surface area contributed by atoms with Crippen LogP contribution in [0.1, 0.15) is 42.4 Å². The Hall–Kier alpha value is -2.89. The highest BCUT2D eigenvalue weighted by Crippen LogP contribution is 2.25. The van der Waals surface area contributed by atoms with E-state index in [0.717, 1.165) is 22.6 Å². The lowest BCUT2D eigenvalue weighted by atomic mass is 10.1. The summed E-state index contributed by atoms with van der Waals surface area (Å²) >= 11 is 0. The summed E-state index contributed by atoms with van der Waals surface area (Å²) in [5.74, 6) is 2.34. The van der Waals surface area contributed by atoms with Crippen molar-refractivity contribution in [2.45, 2.75) is 39.7 Å². The van der Waals surface area contributed by atoms with Crippen LogP contribution in [0.2, 0.25) is 0 Å². The minimum absolute atomic E-state index is 0.0384. The SMILES string of the molecule is Cc1cc(-c2nnc(CCC(=O)NC(C)c3ccccc3)o2)c(C)o1. The van der Waals surface area contributed by atoms with Gasteiger partial charge in [-0.2, -0.15) is 0 Å². The highest BCUT2D eigenvalue weighted by molar-refractivity contribution is 5.76. The predicted molar refractivity (Wildman–Crippen MR) is 92.8 cm³/mol. The number of aromatic nitrogens is 2. The van der Waals surface area contributed by atoms with Crippen LogP contribution < -0.4 is 5.32 Å². The molecule has 0 spiro atoms. The summed E-state index contributed by atoms with van der Waals surface area (Å²) in [6.45, 7) is 5.68. The third-order valence-corrected chi connectivity index (χ3v) is 3.98. The molecule has 0 aliphatic rings. The second kappa shape index (κ2) is 7.34. The van der Waals surface area contributed by atoms with E-state index in [0.29, 0.717) is 24.6 Å². The Bertz CT molecular complexity index is 852. The van der Waals surface area contributed by atoms with E-state index in [9.17, 15) is 4.79 Å². The van der Waals surface area contributed by atoms with E-state index in [2.05, 4.69) is 15.5 Å². The van der Waals surface area contributed by atoms with Crippen molar-refractivity contribution in [3.63, 3.8) is 0 Å². The topological polar surface area (TPSA) is 81.2 Å². The van der Waals surface area contributed by atoms with Gasteiger partial charge in [-0.25, -0.2) is 0 Å².